The van der Waals surface area contributed by atoms with E-state index in [1.807, 2.05) is 25.1 Å². The van der Waals surface area contributed by atoms with Crippen LogP contribution in [0.1, 0.15) is 30.5 Å². The summed E-state index contributed by atoms with van der Waals surface area (Å²) in [5, 5.41) is 8.67. The molecule has 0 aliphatic carbocycles. The number of rotatable bonds is 5. The highest BCUT2D eigenvalue weighted by Crippen LogP contribution is 2.24. The van der Waals surface area contributed by atoms with Crippen LogP contribution >= 0.6 is 0 Å². The summed E-state index contributed by atoms with van der Waals surface area (Å²) in [5.74, 6) is -0.0739. The van der Waals surface area contributed by atoms with Crippen molar-refractivity contribution in [2.75, 3.05) is 7.11 Å². The summed E-state index contributed by atoms with van der Waals surface area (Å²) in [6.07, 6.45) is 0.770. The maximum Gasteiger partial charge on any atom is 0.305 e. The predicted octanol–water partition coefficient (Wildman–Crippen LogP) is 1.73. The zero-order valence-electron chi connectivity index (χ0n) is 9.56. The van der Waals surface area contributed by atoms with Gasteiger partial charge in [0.2, 0.25) is 0 Å². The summed E-state index contributed by atoms with van der Waals surface area (Å²) in [7, 11) is 1.62. The van der Waals surface area contributed by atoms with Crippen LogP contribution in [0.5, 0.6) is 5.75 Å². The first-order valence-electron chi connectivity index (χ1n) is 5.22. The third kappa shape index (κ3) is 2.97. The Hall–Kier alpha value is -1.55. The highest BCUT2D eigenvalue weighted by atomic mass is 16.5. The van der Waals surface area contributed by atoms with Crippen LogP contribution in [0, 0.1) is 0 Å². The maximum atomic E-state index is 10.6. The van der Waals surface area contributed by atoms with E-state index in [1.54, 1.807) is 7.11 Å². The normalized spacial score (nSPS) is 12.2. The first-order valence-corrected chi connectivity index (χ1v) is 5.22. The van der Waals surface area contributed by atoms with Crippen molar-refractivity contribution in [2.24, 2.45) is 5.73 Å². The molecule has 0 amide bonds. The second-order valence-corrected chi connectivity index (χ2v) is 3.63. The molecule has 0 bridgehead atoms. The lowest BCUT2D eigenvalue weighted by Crippen LogP contribution is -2.15. The average Bonchev–Trinajstić information content (AvgIpc) is 2.27. The lowest BCUT2D eigenvalue weighted by Gasteiger charge is -2.13. The number of methoxy groups -OCH3 is 1. The van der Waals surface area contributed by atoms with Gasteiger partial charge in [0.25, 0.3) is 0 Å². The Morgan fingerprint density at radius 1 is 1.56 bits per heavy atom. The Labute approximate surface area is 95.0 Å². The lowest BCUT2D eigenvalue weighted by molar-refractivity contribution is -0.137. The van der Waals surface area contributed by atoms with Gasteiger partial charge in [0.1, 0.15) is 5.75 Å². The molecule has 88 valence electrons. The van der Waals surface area contributed by atoms with Crippen LogP contribution in [0.4, 0.5) is 0 Å². The monoisotopic (exact) mass is 223 g/mol. The van der Waals surface area contributed by atoms with E-state index < -0.39 is 12.0 Å². The minimum atomic E-state index is -0.888. The molecule has 4 nitrogen and oxygen atoms in total. The van der Waals surface area contributed by atoms with Gasteiger partial charge < -0.3 is 15.6 Å². The van der Waals surface area contributed by atoms with Gasteiger partial charge in [0.05, 0.1) is 13.5 Å². The number of hydrogen-bond acceptors (Lipinski definition) is 3. The minimum absolute atomic E-state index is 0.0600. The van der Waals surface area contributed by atoms with E-state index in [0.29, 0.717) is 0 Å². The Balaban J connectivity index is 2.93. The standard InChI is InChI=1S/C12H17NO3/c1-3-8-6-9(4-5-11(8)16-2)10(13)7-12(14)15/h4-6,10H,3,7,13H2,1-2H3,(H,14,15). The molecule has 0 saturated carbocycles. The van der Waals surface area contributed by atoms with Crippen LogP contribution in [-0.2, 0) is 11.2 Å². The van der Waals surface area contributed by atoms with E-state index in [4.69, 9.17) is 15.6 Å². The average molecular weight is 223 g/mol. The molecule has 0 fully saturated rings. The van der Waals surface area contributed by atoms with Crippen molar-refractivity contribution in [3.63, 3.8) is 0 Å². The summed E-state index contributed by atoms with van der Waals surface area (Å²) < 4.78 is 5.19. The highest BCUT2D eigenvalue weighted by Gasteiger charge is 2.12. The lowest BCUT2D eigenvalue weighted by atomic mass is 10.0. The zero-order chi connectivity index (χ0) is 12.1. The van der Waals surface area contributed by atoms with Crippen LogP contribution in [0.15, 0.2) is 18.2 Å². The molecule has 4 heteroatoms. The number of aliphatic carboxylic acids is 1. The van der Waals surface area contributed by atoms with Crippen molar-refractivity contribution in [2.45, 2.75) is 25.8 Å². The fraction of sp³-hybridized carbons (Fsp3) is 0.417. The first kappa shape index (κ1) is 12.5. The Morgan fingerprint density at radius 3 is 2.75 bits per heavy atom. The van der Waals surface area contributed by atoms with E-state index in [1.165, 1.54) is 0 Å². The fourth-order valence-electron chi connectivity index (χ4n) is 1.61. The Bertz CT molecular complexity index is 377. The molecule has 1 atom stereocenters. The van der Waals surface area contributed by atoms with Crippen LogP contribution < -0.4 is 10.5 Å². The molecule has 1 unspecified atom stereocenters. The molecule has 1 aromatic rings. The quantitative estimate of drug-likeness (QED) is 0.797. The van der Waals surface area contributed by atoms with Crippen LogP contribution in [0.25, 0.3) is 0 Å². The summed E-state index contributed by atoms with van der Waals surface area (Å²) in [6, 6.07) is 5.09. The summed E-state index contributed by atoms with van der Waals surface area (Å²) >= 11 is 0. The van der Waals surface area contributed by atoms with Gasteiger partial charge in [-0.15, -0.1) is 0 Å². The molecule has 1 rings (SSSR count). The third-order valence-corrected chi connectivity index (χ3v) is 2.51. The summed E-state index contributed by atoms with van der Waals surface area (Å²) in [4.78, 5) is 10.6. The highest BCUT2D eigenvalue weighted by molar-refractivity contribution is 5.68. The molecule has 16 heavy (non-hydrogen) atoms. The fourth-order valence-corrected chi connectivity index (χ4v) is 1.61. The topological polar surface area (TPSA) is 72.6 Å². The summed E-state index contributed by atoms with van der Waals surface area (Å²) in [6.45, 7) is 2.02. The molecule has 0 aromatic heterocycles. The SMILES string of the molecule is CCc1cc(C(N)CC(=O)O)ccc1OC. The van der Waals surface area contributed by atoms with Crippen molar-refractivity contribution < 1.29 is 14.6 Å². The van der Waals surface area contributed by atoms with E-state index in [-0.39, 0.29) is 6.42 Å². The second kappa shape index (κ2) is 5.51. The first-order chi connectivity index (χ1) is 7.58. The van der Waals surface area contributed by atoms with Gasteiger partial charge in [-0.2, -0.15) is 0 Å². The van der Waals surface area contributed by atoms with Gasteiger partial charge in [-0.25, -0.2) is 0 Å². The van der Waals surface area contributed by atoms with Crippen molar-refractivity contribution in [3.8, 4) is 5.75 Å². The van der Waals surface area contributed by atoms with Crippen molar-refractivity contribution in [1.29, 1.82) is 0 Å². The molecule has 3 N–H and O–H groups in total. The number of carbonyl (C=O) groups is 1. The van der Waals surface area contributed by atoms with Gasteiger partial charge >= 0.3 is 5.97 Å². The van der Waals surface area contributed by atoms with E-state index in [0.717, 1.165) is 23.3 Å². The molecular weight excluding hydrogens is 206 g/mol. The van der Waals surface area contributed by atoms with Gasteiger partial charge in [-0.1, -0.05) is 19.1 Å². The molecule has 0 radical (unpaired) electrons. The predicted molar refractivity (Wildman–Crippen MR) is 61.6 cm³/mol. The number of carboxylic acids is 1. The number of aryl methyl sites for hydroxylation is 1. The molecule has 0 aliphatic rings. The number of benzene rings is 1. The molecular formula is C12H17NO3. The maximum absolute atomic E-state index is 10.6. The number of hydrogen-bond donors (Lipinski definition) is 2. The zero-order valence-corrected chi connectivity index (χ0v) is 9.56. The smallest absolute Gasteiger partial charge is 0.305 e. The molecule has 0 saturated heterocycles. The van der Waals surface area contributed by atoms with Crippen LogP contribution in [0.2, 0.25) is 0 Å². The Kier molecular flexibility index (Phi) is 4.31. The molecule has 0 spiro atoms. The van der Waals surface area contributed by atoms with Crippen molar-refractivity contribution in [3.05, 3.63) is 29.3 Å². The molecule has 1 aromatic carbocycles. The van der Waals surface area contributed by atoms with E-state index >= 15 is 0 Å². The van der Waals surface area contributed by atoms with Gasteiger partial charge in [0, 0.05) is 6.04 Å². The van der Waals surface area contributed by atoms with Crippen molar-refractivity contribution in [1.82, 2.24) is 0 Å². The van der Waals surface area contributed by atoms with Gasteiger partial charge in [-0.3, -0.25) is 4.79 Å². The van der Waals surface area contributed by atoms with Gasteiger partial charge in [0.15, 0.2) is 0 Å². The Morgan fingerprint density at radius 2 is 2.25 bits per heavy atom. The second-order valence-electron chi connectivity index (χ2n) is 3.63. The third-order valence-electron chi connectivity index (χ3n) is 2.51. The van der Waals surface area contributed by atoms with Crippen LogP contribution in [0.3, 0.4) is 0 Å². The number of carboxylic acid groups (broad SMARTS) is 1. The van der Waals surface area contributed by atoms with Crippen molar-refractivity contribution >= 4 is 5.97 Å². The largest absolute Gasteiger partial charge is 0.496 e. The number of ether oxygens (including phenoxy) is 1. The minimum Gasteiger partial charge on any atom is -0.496 e. The molecule has 0 heterocycles. The summed E-state index contributed by atoms with van der Waals surface area (Å²) in [5.41, 5.74) is 7.67. The number of nitrogens with two attached hydrogens (primary N) is 1. The van der Waals surface area contributed by atoms with Crippen LogP contribution in [-0.4, -0.2) is 18.2 Å². The van der Waals surface area contributed by atoms with E-state index in [9.17, 15) is 4.79 Å². The van der Waals surface area contributed by atoms with E-state index in [2.05, 4.69) is 0 Å². The van der Waals surface area contributed by atoms with Gasteiger partial charge in [-0.05, 0) is 23.6 Å². The molecule has 0 aliphatic heterocycles.